The van der Waals surface area contributed by atoms with Crippen LogP contribution in [-0.4, -0.2) is 37.5 Å². The molecule has 0 bridgehead atoms. The van der Waals surface area contributed by atoms with E-state index in [-0.39, 0.29) is 17.3 Å². The number of imidazole rings is 1. The fourth-order valence-electron chi connectivity index (χ4n) is 1.21. The average Bonchev–Trinajstić information content (AvgIpc) is 2.88. The fourth-order valence-corrected chi connectivity index (χ4v) is 1.21. The molecule has 9 nitrogen and oxygen atoms in total. The molecule has 0 aliphatic heterocycles. The number of aromatic nitrogens is 4. The maximum Gasteiger partial charge on any atom is 0.381 e. The van der Waals surface area contributed by atoms with Crippen LogP contribution in [0.2, 0.25) is 0 Å². The Morgan fingerprint density at radius 3 is 2.89 bits per heavy atom. The molecule has 92 valence electrons. The summed E-state index contributed by atoms with van der Waals surface area (Å²) in [6, 6.07) is 0. The lowest BCUT2D eigenvalue weighted by atomic mass is 10.4. The van der Waals surface area contributed by atoms with Crippen molar-refractivity contribution in [3.8, 4) is 5.82 Å². The van der Waals surface area contributed by atoms with Crippen LogP contribution in [0, 0.1) is 10.1 Å². The maximum atomic E-state index is 11.3. The lowest BCUT2D eigenvalue weighted by molar-refractivity contribution is -0.389. The van der Waals surface area contributed by atoms with Crippen molar-refractivity contribution in [2.45, 2.75) is 0 Å². The van der Waals surface area contributed by atoms with Gasteiger partial charge in [0.15, 0.2) is 11.5 Å². The van der Waals surface area contributed by atoms with Gasteiger partial charge in [-0.2, -0.15) is 0 Å². The fraction of sp³-hybridized carbons (Fsp3) is 0.111. The van der Waals surface area contributed by atoms with Crippen molar-refractivity contribution >= 4 is 11.8 Å². The van der Waals surface area contributed by atoms with Gasteiger partial charge < -0.3 is 14.9 Å². The van der Waals surface area contributed by atoms with E-state index in [2.05, 4.69) is 19.7 Å². The van der Waals surface area contributed by atoms with E-state index in [1.807, 2.05) is 0 Å². The molecule has 0 aliphatic rings. The second kappa shape index (κ2) is 4.57. The van der Waals surface area contributed by atoms with Crippen LogP contribution >= 0.6 is 0 Å². The maximum absolute atomic E-state index is 11.3. The van der Waals surface area contributed by atoms with Gasteiger partial charge in [-0.1, -0.05) is 0 Å². The lowest BCUT2D eigenvalue weighted by Crippen LogP contribution is -2.07. The number of carbonyl (C=O) groups is 1. The van der Waals surface area contributed by atoms with Crippen LogP contribution in [0.5, 0.6) is 0 Å². The van der Waals surface area contributed by atoms with E-state index in [0.717, 1.165) is 0 Å². The summed E-state index contributed by atoms with van der Waals surface area (Å²) in [5.74, 6) is -0.724. The van der Waals surface area contributed by atoms with Crippen LogP contribution in [0.1, 0.15) is 10.5 Å². The van der Waals surface area contributed by atoms with Gasteiger partial charge in [0, 0.05) is 0 Å². The highest BCUT2D eigenvalue weighted by Gasteiger charge is 2.14. The monoisotopic (exact) mass is 249 g/mol. The zero-order chi connectivity index (χ0) is 13.1. The summed E-state index contributed by atoms with van der Waals surface area (Å²) in [7, 11) is 1.22. The van der Waals surface area contributed by atoms with E-state index in [0.29, 0.717) is 0 Å². The summed E-state index contributed by atoms with van der Waals surface area (Å²) in [5, 5.41) is 10.5. The Morgan fingerprint density at radius 1 is 1.50 bits per heavy atom. The molecule has 0 fully saturated rings. The topological polar surface area (TPSA) is 113 Å². The summed E-state index contributed by atoms with van der Waals surface area (Å²) < 4.78 is 5.79. The molecule has 0 atom stereocenters. The van der Waals surface area contributed by atoms with Gasteiger partial charge in [0.25, 0.3) is 0 Å². The lowest BCUT2D eigenvalue weighted by Gasteiger charge is -2.01. The minimum Gasteiger partial charge on any atom is -0.464 e. The normalized spacial score (nSPS) is 10.1. The van der Waals surface area contributed by atoms with Crippen LogP contribution in [0.4, 0.5) is 5.82 Å². The van der Waals surface area contributed by atoms with Gasteiger partial charge in [-0.3, -0.25) is 9.55 Å². The van der Waals surface area contributed by atoms with Crippen LogP contribution in [-0.2, 0) is 4.74 Å². The number of nitro groups is 1. The van der Waals surface area contributed by atoms with Crippen molar-refractivity contribution in [3.63, 3.8) is 0 Å². The minimum atomic E-state index is -0.640. The molecule has 0 aromatic carbocycles. The number of nitrogens with zero attached hydrogens (tertiary/aromatic N) is 5. The number of hydrogen-bond donors (Lipinski definition) is 0. The van der Waals surface area contributed by atoms with E-state index < -0.39 is 10.9 Å². The number of carbonyl (C=O) groups excluding carboxylic acids is 1. The third kappa shape index (κ3) is 2.14. The molecule has 2 aromatic heterocycles. The van der Waals surface area contributed by atoms with Gasteiger partial charge in [0.1, 0.15) is 6.20 Å². The molecule has 0 spiro atoms. The van der Waals surface area contributed by atoms with Gasteiger partial charge in [-0.05, 0) is 9.91 Å². The van der Waals surface area contributed by atoms with E-state index >= 15 is 0 Å². The number of ether oxygens (including phenoxy) is 1. The molecule has 0 N–H and O–H groups in total. The molecule has 0 unspecified atom stereocenters. The van der Waals surface area contributed by atoms with Gasteiger partial charge in [0.05, 0.1) is 19.5 Å². The Kier molecular flexibility index (Phi) is 2.96. The standard InChI is InChI=1S/C9H7N5O4/c1-18-9(15)6-2-10-3-7(12-6)13-4-8(11-5-13)14(16)17/h2-5H,1H3. The van der Waals surface area contributed by atoms with E-state index in [4.69, 9.17) is 0 Å². The van der Waals surface area contributed by atoms with Crippen LogP contribution in [0.3, 0.4) is 0 Å². The van der Waals surface area contributed by atoms with E-state index in [1.54, 1.807) is 0 Å². The highest BCUT2D eigenvalue weighted by molar-refractivity contribution is 5.86. The van der Waals surface area contributed by atoms with Gasteiger partial charge in [-0.25, -0.2) is 9.78 Å². The molecule has 9 heteroatoms. The Labute approximate surface area is 100 Å². The predicted molar refractivity (Wildman–Crippen MR) is 57.1 cm³/mol. The molecule has 2 heterocycles. The molecule has 2 aromatic rings. The zero-order valence-electron chi connectivity index (χ0n) is 9.18. The first kappa shape index (κ1) is 11.6. The van der Waals surface area contributed by atoms with Gasteiger partial charge in [0.2, 0.25) is 6.33 Å². The summed E-state index contributed by atoms with van der Waals surface area (Å²) >= 11 is 0. The Hall–Kier alpha value is -2.84. The van der Waals surface area contributed by atoms with E-state index in [1.165, 1.54) is 36.6 Å². The van der Waals surface area contributed by atoms with Gasteiger partial charge >= 0.3 is 11.8 Å². The first-order valence-electron chi connectivity index (χ1n) is 4.71. The highest BCUT2D eigenvalue weighted by Crippen LogP contribution is 2.10. The second-order valence-corrected chi connectivity index (χ2v) is 3.15. The van der Waals surface area contributed by atoms with Crippen LogP contribution in [0.25, 0.3) is 5.82 Å². The minimum absolute atomic E-state index is 0.00588. The molecule has 0 aliphatic carbocycles. The summed E-state index contributed by atoms with van der Waals surface area (Å²) in [4.78, 5) is 32.4. The first-order valence-corrected chi connectivity index (χ1v) is 4.71. The Morgan fingerprint density at radius 2 is 2.28 bits per heavy atom. The average molecular weight is 249 g/mol. The predicted octanol–water partition coefficient (Wildman–Crippen LogP) is 0.357. The van der Waals surface area contributed by atoms with Crippen molar-refractivity contribution in [2.75, 3.05) is 7.11 Å². The molecule has 2 rings (SSSR count). The highest BCUT2D eigenvalue weighted by atomic mass is 16.6. The van der Waals surface area contributed by atoms with Crippen LogP contribution < -0.4 is 0 Å². The largest absolute Gasteiger partial charge is 0.464 e. The van der Waals surface area contributed by atoms with Crippen molar-refractivity contribution in [3.05, 3.63) is 40.7 Å². The SMILES string of the molecule is COC(=O)c1cncc(-n2cnc([N+](=O)[O-])c2)n1. The molecule has 0 radical (unpaired) electrons. The Bertz CT molecular complexity index is 609. The second-order valence-electron chi connectivity index (χ2n) is 3.15. The van der Waals surface area contributed by atoms with Crippen molar-refractivity contribution in [2.24, 2.45) is 0 Å². The third-order valence-corrected chi connectivity index (χ3v) is 2.04. The number of rotatable bonds is 3. The Balaban J connectivity index is 2.38. The smallest absolute Gasteiger partial charge is 0.381 e. The van der Waals surface area contributed by atoms with Crippen molar-refractivity contribution in [1.29, 1.82) is 0 Å². The van der Waals surface area contributed by atoms with Crippen LogP contribution in [0.15, 0.2) is 24.9 Å². The number of hydrogen-bond acceptors (Lipinski definition) is 7. The third-order valence-electron chi connectivity index (χ3n) is 2.04. The van der Waals surface area contributed by atoms with Crippen molar-refractivity contribution in [1.82, 2.24) is 19.5 Å². The number of esters is 1. The van der Waals surface area contributed by atoms with Gasteiger partial charge in [-0.15, -0.1) is 0 Å². The summed E-state index contributed by atoms with van der Waals surface area (Å²) in [6.45, 7) is 0. The summed E-state index contributed by atoms with van der Waals surface area (Å²) in [5.41, 5.74) is 0.00588. The quantitative estimate of drug-likeness (QED) is 0.438. The van der Waals surface area contributed by atoms with Crippen molar-refractivity contribution < 1.29 is 14.5 Å². The van der Waals surface area contributed by atoms with E-state index in [9.17, 15) is 14.9 Å². The summed E-state index contributed by atoms with van der Waals surface area (Å²) in [6.07, 6.45) is 4.97. The molecule has 0 saturated heterocycles. The first-order chi connectivity index (χ1) is 8.61. The molecular weight excluding hydrogens is 242 g/mol. The number of methoxy groups -OCH3 is 1. The zero-order valence-corrected chi connectivity index (χ0v) is 9.18. The molecular formula is C9H7N5O4. The molecule has 0 amide bonds. The molecule has 0 saturated carbocycles. The molecule has 18 heavy (non-hydrogen) atoms.